The average molecular weight is 468 g/mol. The van der Waals surface area contributed by atoms with Gasteiger partial charge in [0.25, 0.3) is 5.91 Å². The van der Waals surface area contributed by atoms with Crippen LogP contribution in [0.4, 0.5) is 5.69 Å². The molecule has 3 amide bonds. The van der Waals surface area contributed by atoms with E-state index in [4.69, 9.17) is 0 Å². The summed E-state index contributed by atoms with van der Waals surface area (Å²) < 4.78 is 0. The number of anilines is 1. The minimum Gasteiger partial charge on any atom is -0.339 e. The lowest BCUT2D eigenvalue weighted by atomic mass is 9.83. The van der Waals surface area contributed by atoms with Crippen molar-refractivity contribution in [2.75, 3.05) is 50.8 Å². The van der Waals surface area contributed by atoms with Gasteiger partial charge in [0.1, 0.15) is 0 Å². The molecular weight excluding hydrogens is 438 g/mol. The summed E-state index contributed by atoms with van der Waals surface area (Å²) in [4.78, 5) is 46.2. The quantitative estimate of drug-likeness (QED) is 0.738. The zero-order chi connectivity index (χ0) is 22.9. The molecule has 33 heavy (non-hydrogen) atoms. The summed E-state index contributed by atoms with van der Waals surface area (Å²) in [7, 11) is 0. The number of hydrazine groups is 1. The van der Waals surface area contributed by atoms with Gasteiger partial charge < -0.3 is 14.7 Å². The first-order valence-corrected chi connectivity index (χ1v) is 12.4. The van der Waals surface area contributed by atoms with Crippen LogP contribution in [-0.2, 0) is 9.59 Å². The van der Waals surface area contributed by atoms with Crippen molar-refractivity contribution in [3.05, 3.63) is 52.7 Å². The van der Waals surface area contributed by atoms with Crippen LogP contribution < -0.4 is 10.4 Å². The maximum Gasteiger partial charge on any atom is 0.264 e. The Hall–Kier alpha value is -2.75. The van der Waals surface area contributed by atoms with Gasteiger partial charge in [0.15, 0.2) is 0 Å². The van der Waals surface area contributed by atoms with Crippen molar-refractivity contribution >= 4 is 34.7 Å². The molecule has 5 rings (SSSR count). The zero-order valence-electron chi connectivity index (χ0n) is 18.7. The lowest BCUT2D eigenvalue weighted by Crippen LogP contribution is -2.60. The summed E-state index contributed by atoms with van der Waals surface area (Å²) in [5, 5.41) is 3.52. The van der Waals surface area contributed by atoms with E-state index in [0.717, 1.165) is 17.1 Å². The van der Waals surface area contributed by atoms with Crippen molar-refractivity contribution in [1.29, 1.82) is 0 Å². The van der Waals surface area contributed by atoms with Crippen molar-refractivity contribution in [3.63, 3.8) is 0 Å². The van der Waals surface area contributed by atoms with E-state index in [2.05, 4.69) is 17.2 Å². The van der Waals surface area contributed by atoms with Gasteiger partial charge in [-0.2, -0.15) is 0 Å². The van der Waals surface area contributed by atoms with Crippen LogP contribution in [0.25, 0.3) is 0 Å². The molecule has 0 saturated carbocycles. The minimum atomic E-state index is -0.305. The van der Waals surface area contributed by atoms with Crippen LogP contribution >= 0.6 is 11.3 Å². The molecule has 3 atom stereocenters. The van der Waals surface area contributed by atoms with E-state index in [0.29, 0.717) is 39.3 Å². The standard InChI is InChI=1S/C24H29N5O3S/c1-2-26-15-18(21-19(16-26)23(31)29(25-21)17-7-4-3-5-8-17)22(30)27-10-12-28(13-11-27)24(32)20-9-6-14-33-20/h3-9,14,18-19,21,25H,2,10-13,15-16H2,1H3. The normalized spacial score (nSPS) is 25.9. The summed E-state index contributed by atoms with van der Waals surface area (Å²) in [6.45, 7) is 6.26. The van der Waals surface area contributed by atoms with E-state index < -0.39 is 0 Å². The molecule has 0 spiro atoms. The van der Waals surface area contributed by atoms with Gasteiger partial charge in [-0.25, -0.2) is 10.4 Å². The number of thiophene rings is 1. The number of hydrogen-bond acceptors (Lipinski definition) is 6. The Balaban J connectivity index is 1.29. The Bertz CT molecular complexity index is 1010. The molecule has 8 nitrogen and oxygen atoms in total. The van der Waals surface area contributed by atoms with Crippen LogP contribution in [-0.4, -0.2) is 84.3 Å². The van der Waals surface area contributed by atoms with Crippen molar-refractivity contribution in [1.82, 2.24) is 20.1 Å². The van der Waals surface area contributed by atoms with Gasteiger partial charge in [0, 0.05) is 39.3 Å². The number of nitrogens with one attached hydrogen (secondary N) is 1. The van der Waals surface area contributed by atoms with Crippen molar-refractivity contribution < 1.29 is 14.4 Å². The predicted molar refractivity (Wildman–Crippen MR) is 127 cm³/mol. The number of nitrogens with zero attached hydrogens (tertiary/aromatic N) is 4. The first-order chi connectivity index (χ1) is 16.1. The van der Waals surface area contributed by atoms with E-state index in [1.54, 1.807) is 5.01 Å². The Kier molecular flexibility index (Phi) is 6.18. The molecule has 1 aromatic heterocycles. The van der Waals surface area contributed by atoms with Crippen LogP contribution in [0.1, 0.15) is 16.6 Å². The van der Waals surface area contributed by atoms with Crippen LogP contribution in [0.2, 0.25) is 0 Å². The van der Waals surface area contributed by atoms with Gasteiger partial charge in [-0.1, -0.05) is 31.2 Å². The van der Waals surface area contributed by atoms with E-state index in [9.17, 15) is 14.4 Å². The van der Waals surface area contributed by atoms with Gasteiger partial charge >= 0.3 is 0 Å². The molecular formula is C24H29N5O3S. The fourth-order valence-electron chi connectivity index (χ4n) is 5.12. The maximum atomic E-state index is 13.6. The number of hydrogen-bond donors (Lipinski definition) is 1. The monoisotopic (exact) mass is 467 g/mol. The highest BCUT2D eigenvalue weighted by atomic mass is 32.1. The Morgan fingerprint density at radius 1 is 1.00 bits per heavy atom. The fraction of sp³-hybridized carbons (Fsp3) is 0.458. The van der Waals surface area contributed by atoms with Crippen molar-refractivity contribution in [2.45, 2.75) is 13.0 Å². The second-order valence-electron chi connectivity index (χ2n) is 8.82. The summed E-state index contributed by atoms with van der Waals surface area (Å²) in [6, 6.07) is 13.0. The van der Waals surface area contributed by atoms with Gasteiger partial charge in [-0.05, 0) is 30.1 Å². The molecule has 1 N–H and O–H groups in total. The molecule has 3 unspecified atom stereocenters. The second-order valence-corrected chi connectivity index (χ2v) is 9.77. The molecule has 3 saturated heterocycles. The Morgan fingerprint density at radius 2 is 1.73 bits per heavy atom. The molecule has 4 heterocycles. The smallest absolute Gasteiger partial charge is 0.264 e. The minimum absolute atomic E-state index is 0.0218. The molecule has 0 bridgehead atoms. The van der Waals surface area contributed by atoms with Crippen molar-refractivity contribution in [3.8, 4) is 0 Å². The summed E-state index contributed by atoms with van der Waals surface area (Å²) in [6.07, 6.45) is 0. The number of amides is 3. The maximum absolute atomic E-state index is 13.6. The lowest BCUT2D eigenvalue weighted by Gasteiger charge is -2.42. The third-order valence-electron chi connectivity index (χ3n) is 6.98. The SMILES string of the molecule is CCN1CC(C(=O)N2CCN(C(=O)c3cccs3)CC2)C2NN(c3ccccc3)C(=O)C2C1. The molecule has 1 aromatic carbocycles. The number of fused-ring (bicyclic) bond motifs is 1. The number of carbonyl (C=O) groups is 3. The van der Waals surface area contributed by atoms with Crippen molar-refractivity contribution in [2.24, 2.45) is 11.8 Å². The second kappa shape index (κ2) is 9.24. The fourth-order valence-corrected chi connectivity index (χ4v) is 5.81. The van der Waals surface area contributed by atoms with E-state index in [1.807, 2.05) is 57.6 Å². The number of piperazine rings is 1. The number of rotatable bonds is 4. The molecule has 3 aliphatic heterocycles. The highest BCUT2D eigenvalue weighted by molar-refractivity contribution is 7.12. The first-order valence-electron chi connectivity index (χ1n) is 11.6. The van der Waals surface area contributed by atoms with E-state index in [-0.39, 0.29) is 35.6 Å². The molecule has 0 aliphatic carbocycles. The van der Waals surface area contributed by atoms with E-state index >= 15 is 0 Å². The summed E-state index contributed by atoms with van der Waals surface area (Å²) >= 11 is 1.44. The summed E-state index contributed by atoms with van der Waals surface area (Å²) in [5.74, 6) is -0.431. The van der Waals surface area contributed by atoms with Crippen LogP contribution in [0.5, 0.6) is 0 Å². The average Bonchev–Trinajstić information content (AvgIpc) is 3.52. The molecule has 9 heteroatoms. The number of likely N-dealkylation sites (tertiary alicyclic amines) is 1. The van der Waals surface area contributed by atoms with Crippen LogP contribution in [0, 0.1) is 11.8 Å². The Morgan fingerprint density at radius 3 is 2.39 bits per heavy atom. The number of piperidine rings is 1. The zero-order valence-corrected chi connectivity index (χ0v) is 19.5. The molecule has 0 radical (unpaired) electrons. The molecule has 3 fully saturated rings. The largest absolute Gasteiger partial charge is 0.339 e. The van der Waals surface area contributed by atoms with Gasteiger partial charge in [-0.15, -0.1) is 11.3 Å². The number of para-hydroxylation sites is 1. The van der Waals surface area contributed by atoms with Crippen LogP contribution in [0.15, 0.2) is 47.8 Å². The Labute approximate surface area is 197 Å². The topological polar surface area (TPSA) is 76.2 Å². The molecule has 2 aromatic rings. The van der Waals surface area contributed by atoms with Gasteiger partial charge in [-0.3, -0.25) is 14.4 Å². The summed E-state index contributed by atoms with van der Waals surface area (Å²) in [5.41, 5.74) is 4.16. The highest BCUT2D eigenvalue weighted by Gasteiger charge is 2.51. The van der Waals surface area contributed by atoms with Gasteiger partial charge in [0.05, 0.1) is 28.4 Å². The predicted octanol–water partition coefficient (Wildman–Crippen LogP) is 1.52. The van der Waals surface area contributed by atoms with Gasteiger partial charge in [0.2, 0.25) is 11.8 Å². The van der Waals surface area contributed by atoms with E-state index in [1.165, 1.54) is 11.3 Å². The van der Waals surface area contributed by atoms with Crippen LogP contribution in [0.3, 0.4) is 0 Å². The third-order valence-corrected chi connectivity index (χ3v) is 7.84. The number of benzene rings is 1. The molecule has 3 aliphatic rings. The number of carbonyl (C=O) groups excluding carboxylic acids is 3. The first kappa shape index (κ1) is 22.1. The highest BCUT2D eigenvalue weighted by Crippen LogP contribution is 2.32. The third kappa shape index (κ3) is 4.16. The lowest BCUT2D eigenvalue weighted by molar-refractivity contribution is -0.141. The molecule has 174 valence electrons.